The van der Waals surface area contributed by atoms with Gasteiger partial charge in [0.05, 0.1) is 12.6 Å². The number of para-hydroxylation sites is 1. The van der Waals surface area contributed by atoms with Gasteiger partial charge in [-0.1, -0.05) is 30.3 Å². The Morgan fingerprint density at radius 2 is 1.60 bits per heavy atom. The zero-order valence-electron chi connectivity index (χ0n) is 21.6. The number of amides is 4. The molecular formula is C27H32N6O7. The molecule has 3 atom stereocenters. The van der Waals surface area contributed by atoms with Gasteiger partial charge in [0.15, 0.2) is 0 Å². The number of aromatic hydroxyl groups is 1. The topological polar surface area (TPSA) is 230 Å². The molecule has 0 aliphatic carbocycles. The van der Waals surface area contributed by atoms with Crippen LogP contribution in [0.15, 0.2) is 54.7 Å². The molecule has 0 saturated heterocycles. The number of hydrogen-bond donors (Lipinski definition) is 8. The van der Waals surface area contributed by atoms with Gasteiger partial charge in [-0.3, -0.25) is 19.2 Å². The summed E-state index contributed by atoms with van der Waals surface area (Å²) in [6, 6.07) is 9.73. The highest BCUT2D eigenvalue weighted by Crippen LogP contribution is 2.18. The Labute approximate surface area is 229 Å². The Hall–Kier alpha value is -4.91. The number of phenolic OH excluding ortho intramolecular Hbond substituents is 1. The smallest absolute Gasteiger partial charge is 0.326 e. The maximum absolute atomic E-state index is 12.9. The lowest BCUT2D eigenvalue weighted by Gasteiger charge is -2.21. The summed E-state index contributed by atoms with van der Waals surface area (Å²) >= 11 is 0. The van der Waals surface area contributed by atoms with Crippen molar-refractivity contribution in [1.29, 1.82) is 0 Å². The average Bonchev–Trinajstić information content (AvgIpc) is 3.32. The van der Waals surface area contributed by atoms with Gasteiger partial charge in [0.1, 0.15) is 17.8 Å². The lowest BCUT2D eigenvalue weighted by Crippen LogP contribution is -2.54. The van der Waals surface area contributed by atoms with Gasteiger partial charge < -0.3 is 42.6 Å². The fraction of sp³-hybridized carbons (Fsp3) is 0.296. The van der Waals surface area contributed by atoms with Crippen molar-refractivity contribution in [2.75, 3.05) is 6.54 Å². The summed E-state index contributed by atoms with van der Waals surface area (Å²) in [6.07, 6.45) is 1.45. The fourth-order valence-corrected chi connectivity index (χ4v) is 4.07. The number of nitrogens with two attached hydrogens (primary N) is 2. The van der Waals surface area contributed by atoms with Gasteiger partial charge >= 0.3 is 5.97 Å². The number of rotatable bonds is 14. The third-order valence-corrected chi connectivity index (χ3v) is 6.20. The maximum atomic E-state index is 12.9. The summed E-state index contributed by atoms with van der Waals surface area (Å²) in [6.45, 7) is -0.503. The first-order chi connectivity index (χ1) is 19.0. The van der Waals surface area contributed by atoms with Gasteiger partial charge in [0.25, 0.3) is 0 Å². The largest absolute Gasteiger partial charge is 0.508 e. The Morgan fingerprint density at radius 1 is 0.900 bits per heavy atom. The number of carbonyl (C=O) groups is 5. The van der Waals surface area contributed by atoms with Crippen LogP contribution < -0.4 is 27.4 Å². The Balaban J connectivity index is 1.57. The number of carbonyl (C=O) groups excluding carboxylic acids is 4. The van der Waals surface area contributed by atoms with Gasteiger partial charge in [0.2, 0.25) is 23.6 Å². The van der Waals surface area contributed by atoms with Crippen molar-refractivity contribution in [3.05, 3.63) is 65.9 Å². The van der Waals surface area contributed by atoms with Gasteiger partial charge in [-0.15, -0.1) is 0 Å². The van der Waals surface area contributed by atoms with Crippen molar-refractivity contribution >= 4 is 40.5 Å². The molecule has 0 radical (unpaired) electrons. The number of hydrogen-bond acceptors (Lipinski definition) is 7. The molecule has 0 spiro atoms. The fourth-order valence-electron chi connectivity index (χ4n) is 4.07. The van der Waals surface area contributed by atoms with E-state index in [0.29, 0.717) is 5.56 Å². The van der Waals surface area contributed by atoms with E-state index >= 15 is 0 Å². The van der Waals surface area contributed by atoms with Gasteiger partial charge in [-0.05, 0) is 42.2 Å². The normalized spacial score (nSPS) is 13.1. The van der Waals surface area contributed by atoms with Gasteiger partial charge in [-0.2, -0.15) is 0 Å². The highest BCUT2D eigenvalue weighted by Gasteiger charge is 2.27. The lowest BCUT2D eigenvalue weighted by molar-refractivity contribution is -0.142. The third kappa shape index (κ3) is 8.56. The molecule has 3 rings (SSSR count). The Kier molecular flexibility index (Phi) is 10.2. The van der Waals surface area contributed by atoms with Crippen LogP contribution in [0, 0.1) is 0 Å². The zero-order chi connectivity index (χ0) is 29.2. The van der Waals surface area contributed by atoms with Crippen molar-refractivity contribution in [2.24, 2.45) is 11.5 Å². The second kappa shape index (κ2) is 13.8. The van der Waals surface area contributed by atoms with E-state index in [0.717, 1.165) is 16.5 Å². The average molecular weight is 553 g/mol. The first kappa shape index (κ1) is 29.6. The van der Waals surface area contributed by atoms with Crippen LogP contribution in [0.3, 0.4) is 0 Å². The highest BCUT2D eigenvalue weighted by molar-refractivity contribution is 5.93. The molecule has 10 N–H and O–H groups in total. The van der Waals surface area contributed by atoms with Crippen LogP contribution in [-0.2, 0) is 36.8 Å². The molecule has 3 aromatic rings. The molecule has 1 heterocycles. The molecular weight excluding hydrogens is 520 g/mol. The number of phenols is 1. The number of aromatic amines is 1. The first-order valence-corrected chi connectivity index (χ1v) is 12.5. The number of aliphatic carboxylic acids is 1. The Morgan fingerprint density at radius 3 is 2.27 bits per heavy atom. The summed E-state index contributed by atoms with van der Waals surface area (Å²) < 4.78 is 0. The number of benzene rings is 2. The van der Waals surface area contributed by atoms with Crippen molar-refractivity contribution < 1.29 is 34.2 Å². The molecule has 0 aliphatic rings. The van der Waals surface area contributed by atoms with E-state index in [1.165, 1.54) is 24.3 Å². The predicted molar refractivity (Wildman–Crippen MR) is 145 cm³/mol. The molecule has 2 aromatic carbocycles. The first-order valence-electron chi connectivity index (χ1n) is 12.5. The summed E-state index contributed by atoms with van der Waals surface area (Å²) in [4.78, 5) is 64.1. The van der Waals surface area contributed by atoms with Crippen molar-refractivity contribution in [3.8, 4) is 5.75 Å². The molecule has 40 heavy (non-hydrogen) atoms. The van der Waals surface area contributed by atoms with E-state index in [2.05, 4.69) is 20.9 Å². The monoisotopic (exact) mass is 552 g/mol. The second-order valence-corrected chi connectivity index (χ2v) is 9.28. The number of aromatic nitrogens is 1. The summed E-state index contributed by atoms with van der Waals surface area (Å²) in [5.74, 6) is -4.22. The molecule has 0 bridgehead atoms. The van der Waals surface area contributed by atoms with Crippen LogP contribution in [0.5, 0.6) is 5.75 Å². The summed E-state index contributed by atoms with van der Waals surface area (Å²) in [5.41, 5.74) is 13.5. The van der Waals surface area contributed by atoms with E-state index in [-0.39, 0.29) is 31.4 Å². The zero-order valence-corrected chi connectivity index (χ0v) is 21.6. The van der Waals surface area contributed by atoms with Crippen molar-refractivity contribution in [2.45, 2.75) is 43.8 Å². The number of nitrogens with one attached hydrogen (secondary N) is 4. The van der Waals surface area contributed by atoms with Crippen LogP contribution in [0.4, 0.5) is 0 Å². The van der Waals surface area contributed by atoms with E-state index in [4.69, 9.17) is 11.5 Å². The van der Waals surface area contributed by atoms with E-state index in [1.807, 2.05) is 24.3 Å². The van der Waals surface area contributed by atoms with Crippen LogP contribution in [0.1, 0.15) is 24.0 Å². The van der Waals surface area contributed by atoms with E-state index in [1.54, 1.807) is 6.20 Å². The number of carboxylic acid groups (broad SMARTS) is 1. The molecule has 4 amide bonds. The second-order valence-electron chi connectivity index (χ2n) is 9.28. The number of carboxylic acids is 1. The number of fused-ring (bicyclic) bond motifs is 1. The van der Waals surface area contributed by atoms with E-state index < -0.39 is 54.3 Å². The SMILES string of the molecule is NC(=O)CCC(NC(=O)CNC(=O)C(N)Cc1c[nH]c2ccccc12)C(=O)NC(Cc1ccc(O)cc1)C(=O)O. The standard InChI is InChI=1S/C27H32N6O7/c28-19(12-16-13-30-20-4-2-1-3-18(16)20)25(37)31-14-24(36)32-21(9-10-23(29)35)26(38)33-22(27(39)40)11-15-5-7-17(34)8-6-15/h1-8,13,19,21-22,30,34H,9-12,14,28H2,(H2,29,35)(H,31,37)(H,32,36)(H,33,38)(H,39,40). The lowest BCUT2D eigenvalue weighted by atomic mass is 10.0. The molecule has 0 aliphatic heterocycles. The molecule has 212 valence electrons. The maximum Gasteiger partial charge on any atom is 0.326 e. The minimum Gasteiger partial charge on any atom is -0.508 e. The van der Waals surface area contributed by atoms with Crippen molar-refractivity contribution in [1.82, 2.24) is 20.9 Å². The van der Waals surface area contributed by atoms with Crippen LogP contribution in [0.2, 0.25) is 0 Å². The minimum absolute atomic E-state index is 0.0000919. The minimum atomic E-state index is -1.35. The van der Waals surface area contributed by atoms with Crippen LogP contribution in [0.25, 0.3) is 10.9 Å². The Bertz CT molecular complexity index is 1370. The molecule has 0 fully saturated rings. The molecule has 0 saturated carbocycles. The van der Waals surface area contributed by atoms with Gasteiger partial charge in [-0.25, -0.2) is 4.79 Å². The van der Waals surface area contributed by atoms with Gasteiger partial charge in [0, 0.05) is 29.9 Å². The summed E-state index contributed by atoms with van der Waals surface area (Å²) in [7, 11) is 0. The third-order valence-electron chi connectivity index (χ3n) is 6.20. The quantitative estimate of drug-likeness (QED) is 0.129. The number of primary amides is 1. The molecule has 13 nitrogen and oxygen atoms in total. The molecule has 13 heteroatoms. The number of H-pyrrole nitrogens is 1. The summed E-state index contributed by atoms with van der Waals surface area (Å²) in [5, 5.41) is 27.1. The predicted octanol–water partition coefficient (Wildman–Crippen LogP) is -0.578. The molecule has 3 unspecified atom stereocenters. The highest BCUT2D eigenvalue weighted by atomic mass is 16.4. The van der Waals surface area contributed by atoms with Crippen molar-refractivity contribution in [3.63, 3.8) is 0 Å². The molecule has 1 aromatic heterocycles. The van der Waals surface area contributed by atoms with Crippen LogP contribution >= 0.6 is 0 Å². The van der Waals surface area contributed by atoms with Crippen LogP contribution in [-0.4, -0.2) is 69.5 Å². The van der Waals surface area contributed by atoms with E-state index in [9.17, 15) is 34.2 Å².